The van der Waals surface area contributed by atoms with E-state index in [1.165, 1.54) is 53.1 Å². The SMILES string of the molecule is O=C(Cn1c(O)c(N=Nc2cccc(C(F)(F)F)c2)c2cc(Cl)ccc21)Nc1ccccc1F. The molecular weight excluding hydrogens is 476 g/mol. The molecule has 0 saturated carbocycles. The Morgan fingerprint density at radius 1 is 1.03 bits per heavy atom. The molecular formula is C23H15ClF4N4O2. The van der Waals surface area contributed by atoms with Gasteiger partial charge in [0.1, 0.15) is 12.4 Å². The summed E-state index contributed by atoms with van der Waals surface area (Å²) in [6.07, 6.45) is -4.55. The van der Waals surface area contributed by atoms with Gasteiger partial charge in [0.15, 0.2) is 5.69 Å². The van der Waals surface area contributed by atoms with E-state index >= 15 is 0 Å². The maximum Gasteiger partial charge on any atom is 0.416 e. The van der Waals surface area contributed by atoms with Gasteiger partial charge < -0.3 is 15.0 Å². The Labute approximate surface area is 195 Å². The molecule has 34 heavy (non-hydrogen) atoms. The van der Waals surface area contributed by atoms with E-state index in [1.807, 2.05) is 0 Å². The molecule has 0 aliphatic rings. The lowest BCUT2D eigenvalue weighted by Crippen LogP contribution is -2.19. The van der Waals surface area contributed by atoms with Crippen LogP contribution in [0.15, 0.2) is 77.0 Å². The van der Waals surface area contributed by atoms with Crippen LogP contribution in [-0.4, -0.2) is 15.6 Å². The van der Waals surface area contributed by atoms with Gasteiger partial charge in [-0.05, 0) is 48.5 Å². The highest BCUT2D eigenvalue weighted by atomic mass is 35.5. The fraction of sp³-hybridized carbons (Fsp3) is 0.0870. The van der Waals surface area contributed by atoms with Crippen molar-refractivity contribution in [2.24, 2.45) is 10.2 Å². The number of rotatable bonds is 5. The smallest absolute Gasteiger partial charge is 0.416 e. The number of fused-ring (bicyclic) bond motifs is 1. The van der Waals surface area contributed by atoms with Gasteiger partial charge >= 0.3 is 6.18 Å². The normalized spacial score (nSPS) is 11.9. The van der Waals surface area contributed by atoms with Gasteiger partial charge in [0, 0.05) is 10.4 Å². The Morgan fingerprint density at radius 2 is 1.79 bits per heavy atom. The van der Waals surface area contributed by atoms with Crippen molar-refractivity contribution in [3.05, 3.63) is 83.1 Å². The van der Waals surface area contributed by atoms with Gasteiger partial charge in [-0.25, -0.2) is 4.39 Å². The number of carbonyl (C=O) groups is 1. The van der Waals surface area contributed by atoms with Crippen LogP contribution in [0.3, 0.4) is 0 Å². The Bertz CT molecular complexity index is 1420. The lowest BCUT2D eigenvalue weighted by atomic mass is 10.2. The molecule has 11 heteroatoms. The molecule has 0 saturated heterocycles. The van der Waals surface area contributed by atoms with Crippen molar-refractivity contribution >= 4 is 45.5 Å². The minimum atomic E-state index is -4.55. The highest BCUT2D eigenvalue weighted by Gasteiger charge is 2.30. The van der Waals surface area contributed by atoms with Crippen molar-refractivity contribution in [3.63, 3.8) is 0 Å². The molecule has 1 amide bonds. The van der Waals surface area contributed by atoms with Crippen LogP contribution in [0.5, 0.6) is 5.88 Å². The van der Waals surface area contributed by atoms with Gasteiger partial charge in [0.05, 0.1) is 22.5 Å². The largest absolute Gasteiger partial charge is 0.493 e. The monoisotopic (exact) mass is 490 g/mol. The van der Waals surface area contributed by atoms with Crippen LogP contribution < -0.4 is 5.32 Å². The minimum absolute atomic E-state index is 0.0315. The summed E-state index contributed by atoms with van der Waals surface area (Å²) in [5.74, 6) is -1.72. The molecule has 1 aromatic heterocycles. The number of amides is 1. The van der Waals surface area contributed by atoms with Crippen LogP contribution in [0, 0.1) is 5.82 Å². The second kappa shape index (κ2) is 9.14. The quantitative estimate of drug-likeness (QED) is 0.229. The zero-order valence-corrected chi connectivity index (χ0v) is 17.9. The summed E-state index contributed by atoms with van der Waals surface area (Å²) in [6, 6.07) is 14.4. The van der Waals surface area contributed by atoms with Crippen LogP contribution in [-0.2, 0) is 17.5 Å². The zero-order valence-electron chi connectivity index (χ0n) is 17.1. The Hall–Kier alpha value is -3.92. The van der Waals surface area contributed by atoms with Crippen LogP contribution in [0.1, 0.15) is 5.56 Å². The summed E-state index contributed by atoms with van der Waals surface area (Å²) in [5.41, 5.74) is -0.744. The number of para-hydroxylation sites is 1. The molecule has 0 aliphatic carbocycles. The molecule has 174 valence electrons. The number of halogens is 5. The topological polar surface area (TPSA) is 79.0 Å². The molecule has 2 N–H and O–H groups in total. The number of hydrogen-bond acceptors (Lipinski definition) is 4. The predicted molar refractivity (Wildman–Crippen MR) is 119 cm³/mol. The van der Waals surface area contributed by atoms with Gasteiger partial charge in [-0.3, -0.25) is 4.79 Å². The number of aromatic hydroxyl groups is 1. The van der Waals surface area contributed by atoms with Gasteiger partial charge in [-0.15, -0.1) is 5.11 Å². The fourth-order valence-electron chi connectivity index (χ4n) is 3.30. The van der Waals surface area contributed by atoms with E-state index in [0.717, 1.165) is 12.1 Å². The highest BCUT2D eigenvalue weighted by Crippen LogP contribution is 2.41. The Morgan fingerprint density at radius 3 is 2.53 bits per heavy atom. The summed E-state index contributed by atoms with van der Waals surface area (Å²) >= 11 is 6.06. The molecule has 4 aromatic rings. The minimum Gasteiger partial charge on any atom is -0.493 e. The average molecular weight is 491 g/mol. The van der Waals surface area contributed by atoms with Crippen LogP contribution in [0.25, 0.3) is 10.9 Å². The third kappa shape index (κ3) is 4.86. The molecule has 0 unspecified atom stereocenters. The molecule has 0 radical (unpaired) electrons. The van der Waals surface area contributed by atoms with Gasteiger partial charge in [-0.1, -0.05) is 29.8 Å². The number of anilines is 1. The molecule has 4 rings (SSSR count). The summed E-state index contributed by atoms with van der Waals surface area (Å²) in [6.45, 7) is -0.405. The number of nitrogens with one attached hydrogen (secondary N) is 1. The van der Waals surface area contributed by atoms with Crippen molar-refractivity contribution in [1.82, 2.24) is 4.57 Å². The number of benzene rings is 3. The second-order valence-electron chi connectivity index (χ2n) is 7.20. The van der Waals surface area contributed by atoms with Crippen LogP contribution in [0.2, 0.25) is 5.02 Å². The average Bonchev–Trinajstić information content (AvgIpc) is 3.03. The van der Waals surface area contributed by atoms with Crippen molar-refractivity contribution in [3.8, 4) is 5.88 Å². The summed E-state index contributed by atoms with van der Waals surface area (Å²) in [5, 5.41) is 21.6. The molecule has 3 aromatic carbocycles. The molecule has 0 bridgehead atoms. The van der Waals surface area contributed by atoms with E-state index in [-0.39, 0.29) is 17.1 Å². The van der Waals surface area contributed by atoms with Crippen molar-refractivity contribution < 1.29 is 27.5 Å². The molecule has 0 fully saturated rings. The third-order valence-electron chi connectivity index (χ3n) is 4.86. The van der Waals surface area contributed by atoms with E-state index in [2.05, 4.69) is 15.5 Å². The summed E-state index contributed by atoms with van der Waals surface area (Å²) in [4.78, 5) is 12.5. The third-order valence-corrected chi connectivity index (χ3v) is 5.10. The summed E-state index contributed by atoms with van der Waals surface area (Å²) < 4.78 is 53.9. The molecule has 0 spiro atoms. The first-order valence-electron chi connectivity index (χ1n) is 9.77. The first-order valence-corrected chi connectivity index (χ1v) is 10.2. The van der Waals surface area contributed by atoms with Crippen LogP contribution >= 0.6 is 11.6 Å². The number of aromatic nitrogens is 1. The van der Waals surface area contributed by atoms with Crippen LogP contribution in [0.4, 0.5) is 34.6 Å². The zero-order chi connectivity index (χ0) is 24.5. The standard InChI is InChI=1S/C23H15ClF4N4O2/c24-14-8-9-19-16(11-14)21(31-30-15-5-3-4-13(10-15)23(26,27)28)22(34)32(19)12-20(33)29-18-7-2-1-6-17(18)25/h1-11,34H,12H2,(H,29,33). The van der Waals surface area contributed by atoms with E-state index in [1.54, 1.807) is 6.07 Å². The number of alkyl halides is 3. The van der Waals surface area contributed by atoms with Crippen molar-refractivity contribution in [2.45, 2.75) is 12.7 Å². The Balaban J connectivity index is 1.69. The number of hydrogen-bond donors (Lipinski definition) is 2. The lowest BCUT2D eigenvalue weighted by molar-refractivity contribution is -0.137. The maximum atomic E-state index is 13.8. The molecule has 0 atom stereocenters. The first-order chi connectivity index (χ1) is 16.1. The molecule has 1 heterocycles. The van der Waals surface area contributed by atoms with Gasteiger partial charge in [-0.2, -0.15) is 18.3 Å². The van der Waals surface area contributed by atoms with Crippen molar-refractivity contribution in [1.29, 1.82) is 0 Å². The molecule has 6 nitrogen and oxygen atoms in total. The number of carbonyl (C=O) groups excluding carboxylic acids is 1. The highest BCUT2D eigenvalue weighted by molar-refractivity contribution is 6.31. The maximum absolute atomic E-state index is 13.8. The van der Waals surface area contributed by atoms with E-state index in [4.69, 9.17) is 11.6 Å². The number of nitrogens with zero attached hydrogens (tertiary/aromatic N) is 3. The Kier molecular flexibility index (Phi) is 6.25. The van der Waals surface area contributed by atoms with E-state index in [0.29, 0.717) is 15.9 Å². The fourth-order valence-corrected chi connectivity index (χ4v) is 3.47. The van der Waals surface area contributed by atoms with Crippen molar-refractivity contribution in [2.75, 3.05) is 5.32 Å². The second-order valence-corrected chi connectivity index (χ2v) is 7.63. The van der Waals surface area contributed by atoms with E-state index in [9.17, 15) is 27.5 Å². The lowest BCUT2D eigenvalue weighted by Gasteiger charge is -2.09. The number of azo groups is 1. The van der Waals surface area contributed by atoms with Gasteiger partial charge in [0.2, 0.25) is 11.8 Å². The van der Waals surface area contributed by atoms with Gasteiger partial charge in [0.25, 0.3) is 0 Å². The predicted octanol–water partition coefficient (Wildman–Crippen LogP) is 7.21. The first kappa shape index (κ1) is 23.2. The molecule has 0 aliphatic heterocycles. The van der Waals surface area contributed by atoms with E-state index < -0.39 is 35.9 Å². The summed E-state index contributed by atoms with van der Waals surface area (Å²) in [7, 11) is 0.